The number of fused-ring (bicyclic) bond motifs is 1. The Morgan fingerprint density at radius 3 is 2.55 bits per heavy atom. The molecule has 2 heterocycles. The van der Waals surface area contributed by atoms with E-state index in [9.17, 15) is 18.0 Å². The van der Waals surface area contributed by atoms with Crippen LogP contribution in [0.3, 0.4) is 0 Å². The fourth-order valence-electron chi connectivity index (χ4n) is 2.46. The number of benzene rings is 1. The standard InChI is InChI=1S/C15H14F3N3O/c16-15(17,18)10-4-6-11(7-5-10)19-14(22)12-9-21-8-2-1-3-13(21)20-12/h4-7,9H,1-3,8H2,(H,19,22). The van der Waals surface area contributed by atoms with Gasteiger partial charge in [0.25, 0.3) is 5.91 Å². The number of amides is 1. The summed E-state index contributed by atoms with van der Waals surface area (Å²) >= 11 is 0. The molecule has 1 amide bonds. The highest BCUT2D eigenvalue weighted by Crippen LogP contribution is 2.29. The van der Waals surface area contributed by atoms with Crippen LogP contribution in [0.5, 0.6) is 0 Å². The predicted molar refractivity (Wildman–Crippen MR) is 74.6 cm³/mol. The van der Waals surface area contributed by atoms with Gasteiger partial charge in [-0.3, -0.25) is 4.79 Å². The van der Waals surface area contributed by atoms with Gasteiger partial charge in [-0.15, -0.1) is 0 Å². The Bertz CT molecular complexity index is 666. The molecule has 22 heavy (non-hydrogen) atoms. The minimum absolute atomic E-state index is 0.289. The third kappa shape index (κ3) is 2.98. The summed E-state index contributed by atoms with van der Waals surface area (Å²) in [6.07, 6.45) is 0.257. The van der Waals surface area contributed by atoms with Gasteiger partial charge < -0.3 is 9.88 Å². The summed E-state index contributed by atoms with van der Waals surface area (Å²) in [5.41, 5.74) is -0.149. The van der Waals surface area contributed by atoms with E-state index in [0.29, 0.717) is 5.69 Å². The van der Waals surface area contributed by atoms with Crippen molar-refractivity contribution in [1.82, 2.24) is 9.55 Å². The van der Waals surface area contributed by atoms with Crippen LogP contribution in [0.15, 0.2) is 30.5 Å². The molecule has 7 heteroatoms. The van der Waals surface area contributed by atoms with Crippen molar-refractivity contribution in [3.05, 3.63) is 47.5 Å². The summed E-state index contributed by atoms with van der Waals surface area (Å²) in [6.45, 7) is 0.843. The van der Waals surface area contributed by atoms with Crippen molar-refractivity contribution in [3.8, 4) is 0 Å². The van der Waals surface area contributed by atoms with E-state index in [1.54, 1.807) is 6.20 Å². The molecule has 0 radical (unpaired) electrons. The van der Waals surface area contributed by atoms with Crippen LogP contribution in [-0.4, -0.2) is 15.5 Å². The number of aromatic nitrogens is 2. The SMILES string of the molecule is O=C(Nc1ccc(C(F)(F)F)cc1)c1cn2c(n1)CCCC2. The number of hydrogen-bond acceptors (Lipinski definition) is 2. The number of aryl methyl sites for hydroxylation is 2. The number of carbonyl (C=O) groups is 1. The van der Waals surface area contributed by atoms with Crippen LogP contribution in [-0.2, 0) is 19.1 Å². The lowest BCUT2D eigenvalue weighted by molar-refractivity contribution is -0.137. The zero-order valence-electron chi connectivity index (χ0n) is 11.7. The summed E-state index contributed by atoms with van der Waals surface area (Å²) in [4.78, 5) is 16.4. The largest absolute Gasteiger partial charge is 0.416 e. The second kappa shape index (κ2) is 5.47. The zero-order valence-corrected chi connectivity index (χ0v) is 11.7. The molecule has 0 unspecified atom stereocenters. The highest BCUT2D eigenvalue weighted by Gasteiger charge is 2.30. The van der Waals surface area contributed by atoms with Crippen LogP contribution in [0.2, 0.25) is 0 Å². The van der Waals surface area contributed by atoms with Gasteiger partial charge in [0.1, 0.15) is 11.5 Å². The Kier molecular flexibility index (Phi) is 3.64. The van der Waals surface area contributed by atoms with Crippen molar-refractivity contribution >= 4 is 11.6 Å². The third-order valence-corrected chi connectivity index (χ3v) is 3.61. The van der Waals surface area contributed by atoms with Gasteiger partial charge in [-0.2, -0.15) is 13.2 Å². The first-order valence-corrected chi connectivity index (χ1v) is 6.98. The van der Waals surface area contributed by atoms with E-state index in [2.05, 4.69) is 10.3 Å². The molecule has 0 bridgehead atoms. The molecule has 0 saturated heterocycles. The molecule has 1 aliphatic heterocycles. The van der Waals surface area contributed by atoms with Crippen LogP contribution in [0, 0.1) is 0 Å². The lowest BCUT2D eigenvalue weighted by atomic mass is 10.2. The van der Waals surface area contributed by atoms with Gasteiger partial charge in [-0.25, -0.2) is 4.98 Å². The molecule has 1 aromatic heterocycles. The van der Waals surface area contributed by atoms with E-state index >= 15 is 0 Å². The minimum Gasteiger partial charge on any atom is -0.334 e. The molecule has 0 saturated carbocycles. The van der Waals surface area contributed by atoms with Crippen LogP contribution in [0.1, 0.15) is 34.7 Å². The van der Waals surface area contributed by atoms with E-state index in [1.807, 2.05) is 4.57 Å². The molecule has 1 aliphatic rings. The lowest BCUT2D eigenvalue weighted by Gasteiger charge is -2.11. The highest BCUT2D eigenvalue weighted by molar-refractivity contribution is 6.02. The summed E-state index contributed by atoms with van der Waals surface area (Å²) in [5.74, 6) is 0.463. The van der Waals surface area contributed by atoms with Crippen molar-refractivity contribution in [2.24, 2.45) is 0 Å². The average molecular weight is 309 g/mol. The number of halogens is 3. The van der Waals surface area contributed by atoms with E-state index in [-0.39, 0.29) is 5.69 Å². The zero-order chi connectivity index (χ0) is 15.7. The van der Waals surface area contributed by atoms with Gasteiger partial charge in [0.05, 0.1) is 5.56 Å². The molecular weight excluding hydrogens is 295 g/mol. The van der Waals surface area contributed by atoms with Gasteiger partial charge in [0, 0.05) is 24.8 Å². The summed E-state index contributed by atoms with van der Waals surface area (Å²) < 4.78 is 39.4. The minimum atomic E-state index is -4.38. The van der Waals surface area contributed by atoms with Crippen molar-refractivity contribution in [2.75, 3.05) is 5.32 Å². The number of rotatable bonds is 2. The molecule has 2 aromatic rings. The summed E-state index contributed by atoms with van der Waals surface area (Å²) in [7, 11) is 0. The van der Waals surface area contributed by atoms with Gasteiger partial charge in [0.2, 0.25) is 0 Å². The second-order valence-electron chi connectivity index (χ2n) is 5.22. The fourth-order valence-corrected chi connectivity index (χ4v) is 2.46. The molecule has 0 spiro atoms. The van der Waals surface area contributed by atoms with Crippen molar-refractivity contribution in [1.29, 1.82) is 0 Å². The van der Waals surface area contributed by atoms with Crippen LogP contribution < -0.4 is 5.32 Å². The number of alkyl halides is 3. The molecule has 0 fully saturated rings. The number of nitrogens with one attached hydrogen (secondary N) is 1. The van der Waals surface area contributed by atoms with Gasteiger partial charge in [-0.05, 0) is 37.1 Å². The number of anilines is 1. The number of nitrogens with zero attached hydrogens (tertiary/aromatic N) is 2. The Hall–Kier alpha value is -2.31. The topological polar surface area (TPSA) is 46.9 Å². The molecule has 1 aromatic carbocycles. The molecule has 4 nitrogen and oxygen atoms in total. The van der Waals surface area contributed by atoms with Crippen LogP contribution in [0.25, 0.3) is 0 Å². The first kappa shape index (κ1) is 14.6. The average Bonchev–Trinajstić information content (AvgIpc) is 2.91. The Morgan fingerprint density at radius 1 is 1.18 bits per heavy atom. The normalized spacial score (nSPS) is 14.5. The van der Waals surface area contributed by atoms with E-state index < -0.39 is 17.6 Å². The van der Waals surface area contributed by atoms with Gasteiger partial charge in [0.15, 0.2) is 0 Å². The van der Waals surface area contributed by atoms with E-state index in [0.717, 1.165) is 43.8 Å². The first-order chi connectivity index (χ1) is 10.4. The van der Waals surface area contributed by atoms with Gasteiger partial charge >= 0.3 is 6.18 Å². The highest BCUT2D eigenvalue weighted by atomic mass is 19.4. The lowest BCUT2D eigenvalue weighted by Crippen LogP contribution is -2.13. The summed E-state index contributed by atoms with van der Waals surface area (Å²) in [6, 6.07) is 4.34. The number of carbonyl (C=O) groups excluding carboxylic acids is 1. The van der Waals surface area contributed by atoms with Crippen LogP contribution in [0.4, 0.5) is 18.9 Å². The molecule has 1 N–H and O–H groups in total. The number of imidazole rings is 1. The summed E-state index contributed by atoms with van der Waals surface area (Å²) in [5, 5.41) is 2.56. The van der Waals surface area contributed by atoms with Crippen LogP contribution >= 0.6 is 0 Å². The predicted octanol–water partition coefficient (Wildman–Crippen LogP) is 3.49. The number of hydrogen-bond donors (Lipinski definition) is 1. The fraction of sp³-hybridized carbons (Fsp3) is 0.333. The third-order valence-electron chi connectivity index (χ3n) is 3.61. The Balaban J connectivity index is 1.72. The Labute approximate surface area is 125 Å². The van der Waals surface area contributed by atoms with Crippen molar-refractivity contribution < 1.29 is 18.0 Å². The van der Waals surface area contributed by atoms with E-state index in [4.69, 9.17) is 0 Å². The molecule has 116 valence electrons. The maximum Gasteiger partial charge on any atom is 0.416 e. The van der Waals surface area contributed by atoms with E-state index in [1.165, 1.54) is 12.1 Å². The molecular formula is C15H14F3N3O. The smallest absolute Gasteiger partial charge is 0.334 e. The molecule has 0 atom stereocenters. The first-order valence-electron chi connectivity index (χ1n) is 6.98. The Morgan fingerprint density at radius 2 is 1.91 bits per heavy atom. The van der Waals surface area contributed by atoms with Gasteiger partial charge in [-0.1, -0.05) is 0 Å². The van der Waals surface area contributed by atoms with Crippen molar-refractivity contribution in [3.63, 3.8) is 0 Å². The second-order valence-corrected chi connectivity index (χ2v) is 5.22. The molecule has 3 rings (SSSR count). The maximum absolute atomic E-state index is 12.5. The molecule has 0 aliphatic carbocycles. The monoisotopic (exact) mass is 309 g/mol. The quantitative estimate of drug-likeness (QED) is 0.923. The maximum atomic E-state index is 12.5. The van der Waals surface area contributed by atoms with Crippen molar-refractivity contribution in [2.45, 2.75) is 32.0 Å².